The monoisotopic (exact) mass is 506 g/mol. The lowest BCUT2D eigenvalue weighted by Crippen LogP contribution is -2.37. The largest absolute Gasteiger partial charge is 0.464 e. The molecule has 3 heterocycles. The lowest BCUT2D eigenvalue weighted by Gasteiger charge is -2.09. The Bertz CT molecular complexity index is 1370. The van der Waals surface area contributed by atoms with Crippen molar-refractivity contribution in [3.8, 4) is 11.5 Å². The molecule has 0 saturated heterocycles. The molecule has 1 aliphatic heterocycles. The normalized spacial score (nSPS) is 12.6. The fourth-order valence-electron chi connectivity index (χ4n) is 3.22. The van der Waals surface area contributed by atoms with Gasteiger partial charge < -0.3 is 14.2 Å². The lowest BCUT2D eigenvalue weighted by atomic mass is 10.2. The second-order valence-electron chi connectivity index (χ2n) is 6.90. The fraction of sp³-hybridized carbons (Fsp3) is 0.316. The number of fused-ring (bicyclic) bond motifs is 2. The Morgan fingerprint density at radius 1 is 1.28 bits per heavy atom. The highest BCUT2D eigenvalue weighted by molar-refractivity contribution is 9.10. The molecule has 168 valence electrons. The van der Waals surface area contributed by atoms with Crippen LogP contribution in [-0.4, -0.2) is 44.3 Å². The smallest absolute Gasteiger partial charge is 0.332 e. The molecule has 0 radical (unpaired) electrons. The first-order chi connectivity index (χ1) is 15.3. The molecule has 0 unspecified atom stereocenters. The molecular formula is C19H19BrN6O6. The molecule has 12 nitrogen and oxygen atoms in total. The zero-order valence-electron chi connectivity index (χ0n) is 17.4. The zero-order chi connectivity index (χ0) is 23.0. The highest BCUT2D eigenvalue weighted by Crippen LogP contribution is 2.36. The molecule has 1 aromatic carbocycles. The highest BCUT2D eigenvalue weighted by Gasteiger charge is 2.19. The number of hydrazone groups is 1. The van der Waals surface area contributed by atoms with Gasteiger partial charge in [-0.2, -0.15) is 10.1 Å². The van der Waals surface area contributed by atoms with Crippen molar-refractivity contribution in [2.24, 2.45) is 19.2 Å². The van der Waals surface area contributed by atoms with Crippen molar-refractivity contribution in [2.75, 3.05) is 18.8 Å². The maximum atomic E-state index is 12.8. The van der Waals surface area contributed by atoms with Gasteiger partial charge in [0.2, 0.25) is 12.7 Å². The summed E-state index contributed by atoms with van der Waals surface area (Å²) in [4.78, 5) is 40.6. The van der Waals surface area contributed by atoms with E-state index in [4.69, 9.17) is 14.2 Å². The Balaban J connectivity index is 1.71. The lowest BCUT2D eigenvalue weighted by molar-refractivity contribution is -0.141. The second kappa shape index (κ2) is 8.49. The average molecular weight is 507 g/mol. The van der Waals surface area contributed by atoms with Crippen LogP contribution < -0.4 is 26.1 Å². The number of benzene rings is 1. The van der Waals surface area contributed by atoms with E-state index >= 15 is 0 Å². The Kier molecular flexibility index (Phi) is 5.74. The number of aryl methyl sites for hydroxylation is 1. The first-order valence-corrected chi connectivity index (χ1v) is 10.2. The molecule has 0 spiro atoms. The van der Waals surface area contributed by atoms with Gasteiger partial charge in [-0.15, -0.1) is 0 Å². The Morgan fingerprint density at radius 3 is 2.72 bits per heavy atom. The number of hydrogen-bond acceptors (Lipinski definition) is 9. The summed E-state index contributed by atoms with van der Waals surface area (Å²) in [6.07, 6.45) is 1.54. The third-order valence-corrected chi connectivity index (χ3v) is 5.52. The van der Waals surface area contributed by atoms with Gasteiger partial charge in [0.05, 0.1) is 12.8 Å². The molecule has 3 aromatic rings. The summed E-state index contributed by atoms with van der Waals surface area (Å²) in [5, 5.41) is 4.21. The van der Waals surface area contributed by atoms with Crippen LogP contribution in [0.5, 0.6) is 11.5 Å². The Hall–Kier alpha value is -3.61. The SMILES string of the molecule is CC(=O)OCCn1c(N/N=C/c2cc3c(cc2Br)OCO3)nc2c1c(=O)n(C)c(=O)n2C. The molecular weight excluding hydrogens is 488 g/mol. The molecule has 1 aliphatic rings. The van der Waals surface area contributed by atoms with Crippen molar-refractivity contribution in [1.82, 2.24) is 18.7 Å². The standard InChI is InChI=1S/C19H19BrN6O6/c1-10(27)30-5-4-26-15-16(24(2)19(29)25(3)17(15)28)22-18(26)23-21-8-11-6-13-14(7-12(11)20)32-9-31-13/h6-8H,4-5,9H2,1-3H3,(H,22,23)/b21-8+. The van der Waals surface area contributed by atoms with Crippen LogP contribution in [0.25, 0.3) is 11.2 Å². The van der Waals surface area contributed by atoms with Crippen molar-refractivity contribution in [2.45, 2.75) is 13.5 Å². The van der Waals surface area contributed by atoms with Gasteiger partial charge >= 0.3 is 11.7 Å². The van der Waals surface area contributed by atoms with E-state index in [1.54, 1.807) is 18.3 Å². The molecule has 32 heavy (non-hydrogen) atoms. The van der Waals surface area contributed by atoms with Crippen LogP contribution in [0.2, 0.25) is 0 Å². The maximum Gasteiger partial charge on any atom is 0.332 e. The van der Waals surface area contributed by atoms with Crippen LogP contribution in [-0.2, 0) is 30.2 Å². The minimum Gasteiger partial charge on any atom is -0.464 e. The zero-order valence-corrected chi connectivity index (χ0v) is 19.0. The molecule has 0 saturated carbocycles. The van der Waals surface area contributed by atoms with E-state index in [0.29, 0.717) is 17.1 Å². The Labute approximate surface area is 189 Å². The first kappa shape index (κ1) is 21.6. The minimum atomic E-state index is -0.519. The van der Waals surface area contributed by atoms with Gasteiger partial charge in [0.25, 0.3) is 5.56 Å². The number of esters is 1. The second-order valence-corrected chi connectivity index (χ2v) is 7.76. The van der Waals surface area contributed by atoms with Crippen molar-refractivity contribution < 1.29 is 19.0 Å². The summed E-state index contributed by atoms with van der Waals surface area (Å²) in [6, 6.07) is 3.54. The van der Waals surface area contributed by atoms with Gasteiger partial charge in [-0.25, -0.2) is 10.2 Å². The van der Waals surface area contributed by atoms with E-state index in [1.807, 2.05) is 0 Å². The number of aromatic nitrogens is 4. The number of anilines is 1. The molecule has 0 atom stereocenters. The molecule has 0 amide bonds. The average Bonchev–Trinajstić information content (AvgIpc) is 3.35. The molecule has 0 aliphatic carbocycles. The summed E-state index contributed by atoms with van der Waals surface area (Å²) in [5.41, 5.74) is 2.86. The number of carbonyl (C=O) groups is 1. The van der Waals surface area contributed by atoms with Gasteiger partial charge in [0.15, 0.2) is 22.7 Å². The van der Waals surface area contributed by atoms with Gasteiger partial charge in [0, 0.05) is 31.1 Å². The third kappa shape index (κ3) is 3.86. The summed E-state index contributed by atoms with van der Waals surface area (Å²) >= 11 is 3.46. The Morgan fingerprint density at radius 2 is 2.00 bits per heavy atom. The number of ether oxygens (including phenoxy) is 3. The summed E-state index contributed by atoms with van der Waals surface area (Å²) < 4.78 is 20.2. The molecule has 0 bridgehead atoms. The number of halogens is 1. The van der Waals surface area contributed by atoms with Crippen LogP contribution in [0, 0.1) is 0 Å². The molecule has 1 N–H and O–H groups in total. The summed E-state index contributed by atoms with van der Waals surface area (Å²) in [6.45, 7) is 1.59. The quantitative estimate of drug-likeness (QED) is 0.296. The number of imidazole rings is 1. The molecule has 0 fully saturated rings. The van der Waals surface area contributed by atoms with E-state index < -0.39 is 17.2 Å². The van der Waals surface area contributed by atoms with E-state index in [1.165, 1.54) is 30.2 Å². The number of hydrogen-bond donors (Lipinski definition) is 1. The first-order valence-electron chi connectivity index (χ1n) is 9.45. The van der Waals surface area contributed by atoms with Gasteiger partial charge in [-0.05, 0) is 28.1 Å². The molecule has 2 aromatic heterocycles. The van der Waals surface area contributed by atoms with Crippen molar-refractivity contribution in [3.05, 3.63) is 43.0 Å². The number of rotatable bonds is 6. The van der Waals surface area contributed by atoms with Crippen molar-refractivity contribution in [3.63, 3.8) is 0 Å². The number of carbonyl (C=O) groups excluding carboxylic acids is 1. The van der Waals surface area contributed by atoms with Crippen molar-refractivity contribution >= 4 is 45.2 Å². The fourth-order valence-corrected chi connectivity index (χ4v) is 3.65. The predicted octanol–water partition coefficient (Wildman–Crippen LogP) is 0.934. The maximum absolute atomic E-state index is 12.8. The van der Waals surface area contributed by atoms with Gasteiger partial charge in [-0.1, -0.05) is 0 Å². The van der Waals surface area contributed by atoms with Crippen molar-refractivity contribution in [1.29, 1.82) is 0 Å². The highest BCUT2D eigenvalue weighted by atomic mass is 79.9. The van der Waals surface area contributed by atoms with E-state index in [9.17, 15) is 14.4 Å². The van der Waals surface area contributed by atoms with Gasteiger partial charge in [0.1, 0.15) is 6.61 Å². The van der Waals surface area contributed by atoms with Crippen LogP contribution in [0.4, 0.5) is 5.95 Å². The van der Waals surface area contributed by atoms with E-state index in [-0.39, 0.29) is 37.1 Å². The van der Waals surface area contributed by atoms with Gasteiger partial charge in [-0.3, -0.25) is 23.3 Å². The van der Waals surface area contributed by atoms with E-state index in [2.05, 4.69) is 31.4 Å². The number of nitrogens with one attached hydrogen (secondary N) is 1. The van der Waals surface area contributed by atoms with Crippen LogP contribution in [0.3, 0.4) is 0 Å². The third-order valence-electron chi connectivity index (χ3n) is 4.83. The number of nitrogens with zero attached hydrogens (tertiary/aromatic N) is 5. The van der Waals surface area contributed by atoms with E-state index in [0.717, 1.165) is 9.04 Å². The summed E-state index contributed by atoms with van der Waals surface area (Å²) in [7, 11) is 2.90. The van der Waals surface area contributed by atoms with Crippen LogP contribution in [0.1, 0.15) is 12.5 Å². The summed E-state index contributed by atoms with van der Waals surface area (Å²) in [5.74, 6) is 0.987. The van der Waals surface area contributed by atoms with Crippen LogP contribution >= 0.6 is 15.9 Å². The minimum absolute atomic E-state index is 0.0128. The molecule has 4 rings (SSSR count). The topological polar surface area (TPSA) is 131 Å². The molecule has 13 heteroatoms. The predicted molar refractivity (Wildman–Crippen MR) is 118 cm³/mol. The van der Waals surface area contributed by atoms with Crippen LogP contribution in [0.15, 0.2) is 31.3 Å².